The second-order valence-electron chi connectivity index (χ2n) is 4.56. The smallest absolute Gasteiger partial charge is 0.224 e. The summed E-state index contributed by atoms with van der Waals surface area (Å²) in [5, 5.41) is 2.50. The maximum Gasteiger partial charge on any atom is 0.224 e. The summed E-state index contributed by atoms with van der Waals surface area (Å²) >= 11 is 7.80. The summed E-state index contributed by atoms with van der Waals surface area (Å²) in [5.74, 6) is 0.928. The molecule has 0 saturated carbocycles. The van der Waals surface area contributed by atoms with Crippen molar-refractivity contribution in [3.8, 4) is 0 Å². The zero-order chi connectivity index (χ0) is 12.7. The van der Waals surface area contributed by atoms with E-state index in [9.17, 15) is 0 Å². The van der Waals surface area contributed by atoms with E-state index in [1.54, 1.807) is 0 Å². The first-order chi connectivity index (χ1) is 8.65. The number of hydrogen-bond acceptors (Lipinski definition) is 4. The fourth-order valence-corrected chi connectivity index (χ4v) is 3.67. The molecule has 5 heteroatoms. The molecule has 1 unspecified atom stereocenters. The Hall–Kier alpha value is -1.13. The van der Waals surface area contributed by atoms with Gasteiger partial charge in [-0.05, 0) is 48.9 Å². The molecule has 0 fully saturated rings. The Morgan fingerprint density at radius 2 is 2.28 bits per heavy atom. The molecule has 1 atom stereocenters. The number of anilines is 1. The summed E-state index contributed by atoms with van der Waals surface area (Å²) in [4.78, 5) is 12.3. The fourth-order valence-electron chi connectivity index (χ4n) is 2.49. The molecule has 3 nitrogen and oxygen atoms in total. The summed E-state index contributed by atoms with van der Waals surface area (Å²) in [5.41, 5.74) is 2.33. The zero-order valence-electron chi connectivity index (χ0n) is 10.4. The first-order valence-electron chi connectivity index (χ1n) is 5.99. The van der Waals surface area contributed by atoms with Crippen LogP contribution in [-0.4, -0.2) is 16.5 Å². The van der Waals surface area contributed by atoms with Crippen LogP contribution in [0, 0.1) is 6.92 Å². The molecule has 2 aromatic heterocycles. The van der Waals surface area contributed by atoms with Gasteiger partial charge in [-0.25, -0.2) is 9.97 Å². The first-order valence-corrected chi connectivity index (χ1v) is 7.25. The molecule has 0 saturated heterocycles. The maximum absolute atomic E-state index is 5.95. The number of aryl methyl sites for hydroxylation is 1. The molecule has 18 heavy (non-hydrogen) atoms. The van der Waals surface area contributed by atoms with Gasteiger partial charge in [-0.2, -0.15) is 0 Å². The van der Waals surface area contributed by atoms with Gasteiger partial charge in [0.1, 0.15) is 5.82 Å². The minimum atomic E-state index is 0.327. The van der Waals surface area contributed by atoms with Crippen molar-refractivity contribution in [2.75, 3.05) is 11.4 Å². The van der Waals surface area contributed by atoms with Crippen LogP contribution < -0.4 is 4.90 Å². The van der Waals surface area contributed by atoms with Crippen LogP contribution in [0.5, 0.6) is 0 Å². The predicted molar refractivity (Wildman–Crippen MR) is 75.6 cm³/mol. The normalized spacial score (nSPS) is 18.8. The SMILES string of the molecule is Cc1cc(N2CCc3sccc3C2C)nc(Cl)n1. The molecule has 94 valence electrons. The molecule has 2 aromatic rings. The number of halogens is 1. The van der Waals surface area contributed by atoms with E-state index in [2.05, 4.69) is 33.2 Å². The summed E-state index contributed by atoms with van der Waals surface area (Å²) in [7, 11) is 0. The van der Waals surface area contributed by atoms with Crippen molar-refractivity contribution in [1.82, 2.24) is 9.97 Å². The van der Waals surface area contributed by atoms with Crippen molar-refractivity contribution in [3.63, 3.8) is 0 Å². The molecule has 3 rings (SSSR count). The third-order valence-corrected chi connectivity index (χ3v) is 4.55. The Bertz CT molecular complexity index is 561. The predicted octanol–water partition coefficient (Wildman–Crippen LogP) is 3.62. The van der Waals surface area contributed by atoms with Crippen LogP contribution >= 0.6 is 22.9 Å². The number of hydrogen-bond donors (Lipinski definition) is 0. The molecule has 3 heterocycles. The Morgan fingerprint density at radius 1 is 1.44 bits per heavy atom. The van der Waals surface area contributed by atoms with Crippen molar-refractivity contribution >= 4 is 28.8 Å². The Kier molecular flexibility index (Phi) is 2.99. The minimum absolute atomic E-state index is 0.327. The van der Waals surface area contributed by atoms with E-state index in [0.717, 1.165) is 24.5 Å². The highest BCUT2D eigenvalue weighted by Gasteiger charge is 2.26. The number of nitrogens with zero attached hydrogens (tertiary/aromatic N) is 3. The summed E-state index contributed by atoms with van der Waals surface area (Å²) in [6.07, 6.45) is 1.08. The standard InChI is InChI=1S/C13H14ClN3S/c1-8-7-12(16-13(14)15-8)17-5-3-11-10(9(17)2)4-6-18-11/h4,6-7,9H,3,5H2,1-2H3. The number of fused-ring (bicyclic) bond motifs is 1. The first kappa shape index (κ1) is 11.9. The van der Waals surface area contributed by atoms with Gasteiger partial charge in [0.15, 0.2) is 0 Å². The molecule has 0 bridgehead atoms. The van der Waals surface area contributed by atoms with E-state index in [4.69, 9.17) is 11.6 Å². The number of rotatable bonds is 1. The zero-order valence-corrected chi connectivity index (χ0v) is 11.9. The quantitative estimate of drug-likeness (QED) is 0.747. The van der Waals surface area contributed by atoms with Crippen LogP contribution in [0.15, 0.2) is 17.5 Å². The Balaban J connectivity index is 1.99. The van der Waals surface area contributed by atoms with E-state index in [1.165, 1.54) is 10.4 Å². The molecule has 0 spiro atoms. The van der Waals surface area contributed by atoms with Crippen LogP contribution in [0.25, 0.3) is 0 Å². The van der Waals surface area contributed by atoms with Gasteiger partial charge in [0, 0.05) is 23.2 Å². The van der Waals surface area contributed by atoms with E-state index < -0.39 is 0 Å². The lowest BCUT2D eigenvalue weighted by Crippen LogP contribution is -2.33. The molecule has 0 N–H and O–H groups in total. The van der Waals surface area contributed by atoms with Gasteiger partial charge in [0.25, 0.3) is 0 Å². The van der Waals surface area contributed by atoms with Crippen LogP contribution in [0.1, 0.15) is 29.1 Å². The van der Waals surface area contributed by atoms with E-state index in [1.807, 2.05) is 24.3 Å². The average Bonchev–Trinajstić information content (AvgIpc) is 2.77. The van der Waals surface area contributed by atoms with Crippen molar-refractivity contribution in [2.24, 2.45) is 0 Å². The van der Waals surface area contributed by atoms with Gasteiger partial charge in [-0.15, -0.1) is 11.3 Å². The van der Waals surface area contributed by atoms with E-state index in [0.29, 0.717) is 11.3 Å². The second kappa shape index (κ2) is 4.52. The molecule has 1 aliphatic heterocycles. The van der Waals surface area contributed by atoms with Crippen LogP contribution in [0.3, 0.4) is 0 Å². The van der Waals surface area contributed by atoms with E-state index >= 15 is 0 Å². The lowest BCUT2D eigenvalue weighted by molar-refractivity contribution is 0.623. The van der Waals surface area contributed by atoms with Crippen LogP contribution in [-0.2, 0) is 6.42 Å². The Labute approximate surface area is 115 Å². The lowest BCUT2D eigenvalue weighted by Gasteiger charge is -2.34. The summed E-state index contributed by atoms with van der Waals surface area (Å²) in [6, 6.07) is 4.57. The monoisotopic (exact) mass is 279 g/mol. The molecule has 0 aromatic carbocycles. The third kappa shape index (κ3) is 1.99. The molecular weight excluding hydrogens is 266 g/mol. The lowest BCUT2D eigenvalue weighted by atomic mass is 10.0. The Morgan fingerprint density at radius 3 is 3.06 bits per heavy atom. The van der Waals surface area contributed by atoms with Crippen molar-refractivity contribution in [1.29, 1.82) is 0 Å². The molecule has 0 amide bonds. The molecule has 0 aliphatic carbocycles. The van der Waals surface area contributed by atoms with Gasteiger partial charge < -0.3 is 4.90 Å². The largest absolute Gasteiger partial charge is 0.349 e. The number of aromatic nitrogens is 2. The topological polar surface area (TPSA) is 29.0 Å². The molecule has 0 radical (unpaired) electrons. The highest BCUT2D eigenvalue weighted by Crippen LogP contribution is 2.35. The van der Waals surface area contributed by atoms with Gasteiger partial charge >= 0.3 is 0 Å². The second-order valence-corrected chi connectivity index (χ2v) is 5.89. The highest BCUT2D eigenvalue weighted by atomic mass is 35.5. The van der Waals surface area contributed by atoms with Crippen molar-refractivity contribution in [3.05, 3.63) is 38.9 Å². The van der Waals surface area contributed by atoms with Gasteiger partial charge in [0.2, 0.25) is 5.28 Å². The maximum atomic E-state index is 5.95. The minimum Gasteiger partial charge on any atom is -0.349 e. The van der Waals surface area contributed by atoms with Crippen LogP contribution in [0.4, 0.5) is 5.82 Å². The fraction of sp³-hybridized carbons (Fsp3) is 0.385. The van der Waals surface area contributed by atoms with E-state index in [-0.39, 0.29) is 0 Å². The van der Waals surface area contributed by atoms with Crippen molar-refractivity contribution in [2.45, 2.75) is 26.3 Å². The summed E-state index contributed by atoms with van der Waals surface area (Å²) in [6.45, 7) is 5.15. The molecule has 1 aliphatic rings. The summed E-state index contributed by atoms with van der Waals surface area (Å²) < 4.78 is 0. The van der Waals surface area contributed by atoms with Gasteiger partial charge in [-0.3, -0.25) is 0 Å². The highest BCUT2D eigenvalue weighted by molar-refractivity contribution is 7.10. The molecular formula is C13H14ClN3S. The number of thiophene rings is 1. The average molecular weight is 280 g/mol. The van der Waals surface area contributed by atoms with Crippen molar-refractivity contribution < 1.29 is 0 Å². The van der Waals surface area contributed by atoms with Gasteiger partial charge in [0.05, 0.1) is 6.04 Å². The van der Waals surface area contributed by atoms with Gasteiger partial charge in [-0.1, -0.05) is 0 Å². The van der Waals surface area contributed by atoms with Crippen LogP contribution in [0.2, 0.25) is 5.28 Å². The third-order valence-electron chi connectivity index (χ3n) is 3.38.